The van der Waals surface area contributed by atoms with Crippen LogP contribution in [0.1, 0.15) is 51.4 Å². The molecule has 1 nitrogen and oxygen atoms in total. The third-order valence-corrected chi connectivity index (χ3v) is 4.85. The normalized spacial score (nSPS) is 39.9. The molecule has 0 saturated heterocycles. The first kappa shape index (κ1) is 9.62. The summed E-state index contributed by atoms with van der Waals surface area (Å²) in [6.07, 6.45) is 11.7. The van der Waals surface area contributed by atoms with Gasteiger partial charge in [-0.3, -0.25) is 0 Å². The summed E-state index contributed by atoms with van der Waals surface area (Å²) in [5.74, 6) is 2.34. The molecule has 82 valence electrons. The second-order valence-corrected chi connectivity index (χ2v) is 5.71. The van der Waals surface area contributed by atoms with Crippen LogP contribution in [0.25, 0.3) is 0 Å². The minimum absolute atomic E-state index is 0.349. The maximum atomic E-state index is 10.8. The van der Waals surface area contributed by atoms with E-state index in [9.17, 15) is 4.79 Å². The topological polar surface area (TPSA) is 17.1 Å². The van der Waals surface area contributed by atoms with Crippen molar-refractivity contribution in [2.24, 2.45) is 17.8 Å². The number of hydrogen-bond donors (Lipinski definition) is 0. The van der Waals surface area contributed by atoms with Gasteiger partial charge in [-0.25, -0.2) is 0 Å². The van der Waals surface area contributed by atoms with Crippen LogP contribution >= 0.6 is 0 Å². The fourth-order valence-corrected chi connectivity index (χ4v) is 3.97. The molecule has 3 atom stereocenters. The lowest BCUT2D eigenvalue weighted by molar-refractivity contribution is -0.111. The Morgan fingerprint density at radius 3 is 2.40 bits per heavy atom. The monoisotopic (exact) mass is 204 g/mol. The molecular weight excluding hydrogens is 184 g/mol. The van der Waals surface area contributed by atoms with E-state index in [0.29, 0.717) is 5.92 Å². The van der Waals surface area contributed by atoms with Crippen molar-refractivity contribution in [2.75, 3.05) is 0 Å². The van der Waals surface area contributed by atoms with Gasteiger partial charge in [0.25, 0.3) is 0 Å². The molecule has 3 unspecified atom stereocenters. The molecule has 0 spiro atoms. The SMILES string of the molecule is O=CC1CCC2=C(C1)CC1CCCC1C2. The summed E-state index contributed by atoms with van der Waals surface area (Å²) >= 11 is 0. The molecule has 1 heteroatoms. The van der Waals surface area contributed by atoms with E-state index in [4.69, 9.17) is 0 Å². The van der Waals surface area contributed by atoms with Gasteiger partial charge in [-0.05, 0) is 56.8 Å². The Labute approximate surface area is 91.9 Å². The lowest BCUT2D eigenvalue weighted by atomic mass is 9.71. The Morgan fingerprint density at radius 2 is 1.67 bits per heavy atom. The number of carbonyl (C=O) groups is 1. The Hall–Kier alpha value is -0.590. The number of rotatable bonds is 1. The molecule has 0 radical (unpaired) electrons. The van der Waals surface area contributed by atoms with E-state index in [0.717, 1.165) is 24.7 Å². The highest BCUT2D eigenvalue weighted by molar-refractivity contribution is 5.55. The molecule has 3 rings (SSSR count). The minimum atomic E-state index is 0.349. The van der Waals surface area contributed by atoms with Gasteiger partial charge in [-0.1, -0.05) is 17.6 Å². The second kappa shape index (κ2) is 3.77. The fraction of sp³-hybridized carbons (Fsp3) is 0.786. The zero-order chi connectivity index (χ0) is 10.3. The third-order valence-electron chi connectivity index (χ3n) is 4.85. The Balaban J connectivity index is 1.78. The minimum Gasteiger partial charge on any atom is -0.303 e. The van der Waals surface area contributed by atoms with Crippen molar-refractivity contribution in [1.29, 1.82) is 0 Å². The van der Waals surface area contributed by atoms with Crippen LogP contribution in [0.15, 0.2) is 11.1 Å². The Kier molecular flexibility index (Phi) is 2.42. The van der Waals surface area contributed by atoms with E-state index in [1.807, 2.05) is 0 Å². The first-order valence-corrected chi connectivity index (χ1v) is 6.52. The zero-order valence-corrected chi connectivity index (χ0v) is 9.37. The van der Waals surface area contributed by atoms with Gasteiger partial charge in [-0.15, -0.1) is 0 Å². The van der Waals surface area contributed by atoms with Gasteiger partial charge in [0.1, 0.15) is 6.29 Å². The van der Waals surface area contributed by atoms with Gasteiger partial charge in [0.15, 0.2) is 0 Å². The number of carbonyl (C=O) groups excluding carboxylic acids is 1. The molecule has 0 bridgehead atoms. The lowest BCUT2D eigenvalue weighted by Crippen LogP contribution is -2.22. The van der Waals surface area contributed by atoms with E-state index in [1.54, 1.807) is 11.1 Å². The molecule has 15 heavy (non-hydrogen) atoms. The van der Waals surface area contributed by atoms with Crippen LogP contribution in [0, 0.1) is 17.8 Å². The van der Waals surface area contributed by atoms with Gasteiger partial charge >= 0.3 is 0 Å². The molecule has 3 aliphatic carbocycles. The predicted octanol–water partition coefficient (Wildman–Crippen LogP) is 3.49. The fourth-order valence-electron chi connectivity index (χ4n) is 3.97. The van der Waals surface area contributed by atoms with Gasteiger partial charge in [0, 0.05) is 5.92 Å². The quantitative estimate of drug-likeness (QED) is 0.472. The smallest absolute Gasteiger partial charge is 0.123 e. The molecule has 0 aliphatic heterocycles. The number of allylic oxidation sites excluding steroid dienone is 2. The summed E-state index contributed by atoms with van der Waals surface area (Å²) in [5, 5.41) is 0. The van der Waals surface area contributed by atoms with Crippen molar-refractivity contribution >= 4 is 6.29 Å². The molecule has 0 N–H and O–H groups in total. The predicted molar refractivity (Wildman–Crippen MR) is 60.5 cm³/mol. The number of hydrogen-bond acceptors (Lipinski definition) is 1. The highest BCUT2D eigenvalue weighted by Crippen LogP contribution is 2.48. The van der Waals surface area contributed by atoms with E-state index in [1.165, 1.54) is 44.8 Å². The van der Waals surface area contributed by atoms with Crippen molar-refractivity contribution < 1.29 is 4.79 Å². The van der Waals surface area contributed by atoms with Crippen molar-refractivity contribution in [1.82, 2.24) is 0 Å². The van der Waals surface area contributed by atoms with Crippen molar-refractivity contribution in [2.45, 2.75) is 51.4 Å². The summed E-state index contributed by atoms with van der Waals surface area (Å²) in [7, 11) is 0. The second-order valence-electron chi connectivity index (χ2n) is 5.71. The molecule has 0 aromatic carbocycles. The first-order valence-electron chi connectivity index (χ1n) is 6.52. The van der Waals surface area contributed by atoms with Gasteiger partial charge < -0.3 is 4.79 Å². The molecule has 0 aromatic rings. The average Bonchev–Trinajstić information content (AvgIpc) is 2.72. The maximum Gasteiger partial charge on any atom is 0.123 e. The lowest BCUT2D eigenvalue weighted by Gasteiger charge is -2.34. The largest absolute Gasteiger partial charge is 0.303 e. The highest BCUT2D eigenvalue weighted by Gasteiger charge is 2.35. The molecule has 1 saturated carbocycles. The summed E-state index contributed by atoms with van der Waals surface area (Å²) in [6.45, 7) is 0. The van der Waals surface area contributed by atoms with Crippen LogP contribution in [0.4, 0.5) is 0 Å². The van der Waals surface area contributed by atoms with E-state index < -0.39 is 0 Å². The van der Waals surface area contributed by atoms with E-state index in [-0.39, 0.29) is 0 Å². The number of fused-ring (bicyclic) bond motifs is 1. The van der Waals surface area contributed by atoms with Crippen molar-refractivity contribution in [3.8, 4) is 0 Å². The van der Waals surface area contributed by atoms with Crippen LogP contribution in [-0.2, 0) is 4.79 Å². The van der Waals surface area contributed by atoms with Crippen molar-refractivity contribution in [3.05, 3.63) is 11.1 Å². The van der Waals surface area contributed by atoms with Crippen LogP contribution in [0.5, 0.6) is 0 Å². The van der Waals surface area contributed by atoms with Gasteiger partial charge in [-0.2, -0.15) is 0 Å². The molecule has 0 heterocycles. The van der Waals surface area contributed by atoms with Crippen molar-refractivity contribution in [3.63, 3.8) is 0 Å². The zero-order valence-electron chi connectivity index (χ0n) is 9.37. The third kappa shape index (κ3) is 1.66. The number of aldehydes is 1. The molecular formula is C14H20O. The Morgan fingerprint density at radius 1 is 0.933 bits per heavy atom. The summed E-state index contributed by atoms with van der Waals surface area (Å²) < 4.78 is 0. The first-order chi connectivity index (χ1) is 7.36. The van der Waals surface area contributed by atoms with Crippen LogP contribution in [0.3, 0.4) is 0 Å². The highest BCUT2D eigenvalue weighted by atomic mass is 16.1. The molecule has 1 fully saturated rings. The van der Waals surface area contributed by atoms with Crippen LogP contribution in [0.2, 0.25) is 0 Å². The summed E-state index contributed by atoms with van der Waals surface area (Å²) in [4.78, 5) is 10.8. The molecule has 3 aliphatic rings. The Bertz CT molecular complexity index is 302. The van der Waals surface area contributed by atoms with Gasteiger partial charge in [0.05, 0.1) is 0 Å². The van der Waals surface area contributed by atoms with Gasteiger partial charge in [0.2, 0.25) is 0 Å². The molecule has 0 amide bonds. The van der Waals surface area contributed by atoms with Crippen LogP contribution in [-0.4, -0.2) is 6.29 Å². The molecule has 0 aromatic heterocycles. The maximum absolute atomic E-state index is 10.8. The van der Waals surface area contributed by atoms with Crippen LogP contribution < -0.4 is 0 Å². The van der Waals surface area contributed by atoms with E-state index >= 15 is 0 Å². The average molecular weight is 204 g/mol. The summed E-state index contributed by atoms with van der Waals surface area (Å²) in [5.41, 5.74) is 3.43. The van der Waals surface area contributed by atoms with E-state index in [2.05, 4.69) is 0 Å². The standard InChI is InChI=1S/C14H20O/c15-9-10-4-5-13-7-11-2-1-3-12(11)8-14(13)6-10/h9-12H,1-8H2. The summed E-state index contributed by atoms with van der Waals surface area (Å²) in [6, 6.07) is 0.